The third-order valence-electron chi connectivity index (χ3n) is 11.1. The summed E-state index contributed by atoms with van der Waals surface area (Å²) in [4.78, 5) is 47.3. The summed E-state index contributed by atoms with van der Waals surface area (Å²) < 4.78 is 11.8. The van der Waals surface area contributed by atoms with Crippen molar-refractivity contribution in [1.29, 1.82) is 0 Å². The van der Waals surface area contributed by atoms with Crippen LogP contribution >= 0.6 is 0 Å². The molecule has 2 aliphatic rings. The molecule has 71 heavy (non-hydrogen) atoms. The normalized spacial score (nSPS) is 15.0. The van der Waals surface area contributed by atoms with Crippen molar-refractivity contribution in [2.45, 2.75) is 25.9 Å². The van der Waals surface area contributed by atoms with Crippen LogP contribution in [0.2, 0.25) is 0 Å². The molecule has 15 heteroatoms. The van der Waals surface area contributed by atoms with Crippen LogP contribution in [-0.4, -0.2) is 81.9 Å². The van der Waals surface area contributed by atoms with Crippen molar-refractivity contribution in [3.63, 3.8) is 0 Å². The third kappa shape index (κ3) is 14.7. The van der Waals surface area contributed by atoms with Gasteiger partial charge in [-0.05, 0) is 141 Å². The van der Waals surface area contributed by atoms with E-state index in [4.69, 9.17) is 20.2 Å². The highest BCUT2D eigenvalue weighted by Gasteiger charge is 2.13. The van der Waals surface area contributed by atoms with Crippen molar-refractivity contribution in [1.82, 2.24) is 29.7 Å². The van der Waals surface area contributed by atoms with Gasteiger partial charge in [-0.1, -0.05) is 55.1 Å². The van der Waals surface area contributed by atoms with Crippen LogP contribution in [0.3, 0.4) is 0 Å². The van der Waals surface area contributed by atoms with Crippen molar-refractivity contribution in [3.05, 3.63) is 187 Å². The molecule has 0 saturated carbocycles. The number of aromatic nitrogens is 4. The van der Waals surface area contributed by atoms with Gasteiger partial charge in [0.1, 0.15) is 11.5 Å². The van der Waals surface area contributed by atoms with E-state index in [1.165, 1.54) is 6.08 Å². The Morgan fingerprint density at radius 1 is 0.634 bits per heavy atom. The minimum Gasteiger partial charge on any atom is -0.493 e. The lowest BCUT2D eigenvalue weighted by atomic mass is 10.1. The third-order valence-corrected chi connectivity index (χ3v) is 11.1. The number of ether oxygens (including phenoxy) is 2. The van der Waals surface area contributed by atoms with Gasteiger partial charge < -0.3 is 36.5 Å². The number of carbonyl (C=O) groups excluding carboxylic acids is 2. The zero-order valence-corrected chi connectivity index (χ0v) is 39.8. The number of carbonyl (C=O) groups is 2. The second kappa shape index (κ2) is 24.1. The second-order valence-corrected chi connectivity index (χ2v) is 17.1. The van der Waals surface area contributed by atoms with E-state index in [1.807, 2.05) is 98.0 Å². The second-order valence-electron chi connectivity index (χ2n) is 17.1. The minimum absolute atomic E-state index is 0.272. The number of fused-ring (bicyclic) bond motifs is 14. The lowest BCUT2D eigenvalue weighted by molar-refractivity contribution is -0.111. The Bertz CT molecular complexity index is 3030. The highest BCUT2D eigenvalue weighted by molar-refractivity contribution is 6.05. The number of benzene rings is 5. The molecule has 360 valence electrons. The average molecular weight is 948 g/mol. The number of amides is 2. The van der Waals surface area contributed by atoms with Gasteiger partial charge >= 0.3 is 0 Å². The van der Waals surface area contributed by atoms with Gasteiger partial charge in [-0.2, -0.15) is 0 Å². The highest BCUT2D eigenvalue weighted by atomic mass is 16.5. The number of nitrogen functional groups attached to an aromatic ring is 1. The molecular weight excluding hydrogens is 891 g/mol. The summed E-state index contributed by atoms with van der Waals surface area (Å²) in [5.74, 6) is 2.00. The summed E-state index contributed by atoms with van der Waals surface area (Å²) in [6.07, 6.45) is 14.9. The van der Waals surface area contributed by atoms with Gasteiger partial charge in [0.2, 0.25) is 17.8 Å². The fourth-order valence-corrected chi connectivity index (χ4v) is 7.81. The summed E-state index contributed by atoms with van der Waals surface area (Å²) in [6.45, 7) is 7.74. The van der Waals surface area contributed by atoms with Crippen molar-refractivity contribution in [3.8, 4) is 34.0 Å². The SMILES string of the molecule is C=CC(=O)Nc1ccc(C(=O)Nc2cc3cc(c2)Nc2nccc(n2)-c2cccc(c2)OCC/C=C/CN(C)C3)cc1.CN1C/C=C/CCOc2cccc(c2)-c2ccnc(n2)Nc2cc(N)cc(c2)C1. The maximum atomic E-state index is 13.1. The van der Waals surface area contributed by atoms with Crippen LogP contribution in [-0.2, 0) is 17.9 Å². The summed E-state index contributed by atoms with van der Waals surface area (Å²) >= 11 is 0. The van der Waals surface area contributed by atoms with Gasteiger partial charge in [-0.3, -0.25) is 19.4 Å². The molecule has 0 aliphatic carbocycles. The summed E-state index contributed by atoms with van der Waals surface area (Å²) in [5, 5.41) is 12.3. The van der Waals surface area contributed by atoms with E-state index in [1.54, 1.807) is 36.7 Å². The van der Waals surface area contributed by atoms with Crippen molar-refractivity contribution >= 4 is 52.1 Å². The molecule has 5 aromatic carbocycles. The smallest absolute Gasteiger partial charge is 0.255 e. The standard InChI is InChI=1S/C33H32N6O3.C23H25N5O/c1-3-31(40)35-26-12-10-24(11-13-26)32(41)36-27-18-23-19-28(21-27)37-33-34-15-14-30(38-33)25-8-7-9-29(20-25)42-17-6-4-5-16-39(2)22-23;1-28-10-3-2-4-11-29-21-7-5-6-18(14-21)22-8-9-25-23(27-22)26-20-13-17(16-28)12-19(24)15-20/h3-5,7-15,18-21H,1,6,16-17,22H2,2H3,(H,35,40)(H,36,41)(H,34,37,38);2-3,5-9,12-15H,4,10-11,16,24H2,1H3,(H,25,26,27)/b5-4+;3-2+. The molecule has 2 aromatic heterocycles. The highest BCUT2D eigenvalue weighted by Crippen LogP contribution is 2.28. The first-order valence-electron chi connectivity index (χ1n) is 23.3. The maximum absolute atomic E-state index is 13.1. The lowest BCUT2D eigenvalue weighted by Gasteiger charge is -2.17. The van der Waals surface area contributed by atoms with E-state index < -0.39 is 0 Å². The number of nitrogens with two attached hydrogens (primary N) is 1. The van der Waals surface area contributed by atoms with Gasteiger partial charge in [-0.25, -0.2) is 19.9 Å². The van der Waals surface area contributed by atoms with Crippen molar-refractivity contribution < 1.29 is 19.1 Å². The zero-order valence-electron chi connectivity index (χ0n) is 39.8. The van der Waals surface area contributed by atoms with Gasteiger partial charge in [0.05, 0.1) is 24.6 Å². The quantitative estimate of drug-likeness (QED) is 0.0639. The molecule has 0 fully saturated rings. The number of hydrogen-bond acceptors (Lipinski definition) is 13. The Labute approximate surface area is 414 Å². The number of hydrogen-bond donors (Lipinski definition) is 5. The molecule has 7 aromatic rings. The topological polar surface area (TPSA) is 185 Å². The molecule has 4 heterocycles. The van der Waals surface area contributed by atoms with Crippen LogP contribution in [0, 0.1) is 0 Å². The van der Waals surface area contributed by atoms with Gasteiger partial charge in [0.25, 0.3) is 5.91 Å². The van der Waals surface area contributed by atoms with Crippen LogP contribution < -0.4 is 36.5 Å². The van der Waals surface area contributed by atoms with Gasteiger partial charge in [0.15, 0.2) is 0 Å². The van der Waals surface area contributed by atoms with Gasteiger partial charge in [0, 0.05) is 83.7 Å². The fraction of sp³-hybridized carbons (Fsp3) is 0.179. The van der Waals surface area contributed by atoms with E-state index in [0.717, 1.165) is 89.0 Å². The number of rotatable bonds is 4. The molecule has 0 atom stereocenters. The lowest BCUT2D eigenvalue weighted by Crippen LogP contribution is -2.18. The zero-order chi connectivity index (χ0) is 49.4. The average Bonchev–Trinajstić information content (AvgIpc) is 3.36. The number of nitrogens with one attached hydrogen (secondary N) is 4. The van der Waals surface area contributed by atoms with Crippen LogP contribution in [0.1, 0.15) is 34.3 Å². The largest absolute Gasteiger partial charge is 0.493 e. The maximum Gasteiger partial charge on any atom is 0.255 e. The van der Waals surface area contributed by atoms with Gasteiger partial charge in [-0.15, -0.1) is 0 Å². The Morgan fingerprint density at radius 3 is 1.75 bits per heavy atom. The fourth-order valence-electron chi connectivity index (χ4n) is 7.81. The van der Waals surface area contributed by atoms with E-state index >= 15 is 0 Å². The van der Waals surface area contributed by atoms with Crippen molar-refractivity contribution in [2.24, 2.45) is 0 Å². The Kier molecular flexibility index (Phi) is 16.5. The van der Waals surface area contributed by atoms with E-state index in [-0.39, 0.29) is 11.8 Å². The molecule has 0 radical (unpaired) electrons. The molecule has 0 unspecified atom stereocenters. The predicted molar refractivity (Wildman–Crippen MR) is 283 cm³/mol. The summed E-state index contributed by atoms with van der Waals surface area (Å²) in [5.41, 5.74) is 15.8. The Balaban J connectivity index is 0.000000204. The molecule has 2 aliphatic heterocycles. The first kappa shape index (κ1) is 48.8. The number of nitrogens with zero attached hydrogens (tertiary/aromatic N) is 6. The molecule has 0 spiro atoms. The molecule has 15 nitrogen and oxygen atoms in total. The van der Waals surface area contributed by atoms with Crippen LogP contribution in [0.5, 0.6) is 11.5 Å². The first-order valence-corrected chi connectivity index (χ1v) is 23.3. The van der Waals surface area contributed by atoms with E-state index in [2.05, 4.69) is 90.0 Å². The Morgan fingerprint density at radius 2 is 1.18 bits per heavy atom. The molecule has 2 amide bonds. The molecule has 6 N–H and O–H groups in total. The van der Waals surface area contributed by atoms with Crippen molar-refractivity contribution in [2.75, 3.05) is 67.4 Å². The summed E-state index contributed by atoms with van der Waals surface area (Å²) in [7, 11) is 4.13. The van der Waals surface area contributed by atoms with E-state index in [0.29, 0.717) is 54.3 Å². The van der Waals surface area contributed by atoms with Crippen LogP contribution in [0.4, 0.5) is 40.3 Å². The van der Waals surface area contributed by atoms with Crippen LogP contribution in [0.15, 0.2) is 171 Å². The number of likely N-dealkylation sites (N-methyl/N-ethyl adjacent to an activating group) is 2. The molecule has 12 bridgehead atoms. The molecular formula is C56H57N11O4. The predicted octanol–water partition coefficient (Wildman–Crippen LogP) is 10.3. The monoisotopic (exact) mass is 947 g/mol. The molecule has 0 saturated heterocycles. The Hall–Kier alpha value is -8.66. The van der Waals surface area contributed by atoms with E-state index in [9.17, 15) is 9.59 Å². The number of anilines is 7. The molecule has 9 rings (SSSR count). The first-order chi connectivity index (χ1) is 34.6. The van der Waals surface area contributed by atoms with Crippen LogP contribution in [0.25, 0.3) is 22.5 Å². The summed E-state index contributed by atoms with van der Waals surface area (Å²) in [6, 6.07) is 38.1. The minimum atomic E-state index is -0.315.